The molecule has 1 N–H and O–H groups in total. The van der Waals surface area contributed by atoms with Crippen LogP contribution < -0.4 is 0 Å². The van der Waals surface area contributed by atoms with Crippen molar-refractivity contribution in [1.82, 2.24) is 0 Å². The van der Waals surface area contributed by atoms with Gasteiger partial charge in [0.25, 0.3) is 0 Å². The molecule has 0 amide bonds. The predicted molar refractivity (Wildman–Crippen MR) is 92.6 cm³/mol. The van der Waals surface area contributed by atoms with Gasteiger partial charge in [0, 0.05) is 17.9 Å². The molecule has 0 spiro atoms. The SMILES string of the molecule is C=C(C)C(=O)OCCCP(=O)(O)CCCCCCCCCC. The Kier molecular flexibility index (Phi) is 12.5. The average Bonchev–Trinajstić information content (AvgIpc) is 2.46. The molecule has 0 aliphatic carbocycles. The Morgan fingerprint density at radius 1 is 1.00 bits per heavy atom. The van der Waals surface area contributed by atoms with Crippen LogP contribution in [0.2, 0.25) is 0 Å². The molecule has 22 heavy (non-hydrogen) atoms. The van der Waals surface area contributed by atoms with Crippen LogP contribution in [0.5, 0.6) is 0 Å². The molecule has 0 rings (SSSR count). The molecule has 0 bridgehead atoms. The molecule has 0 fully saturated rings. The highest BCUT2D eigenvalue weighted by Crippen LogP contribution is 2.42. The van der Waals surface area contributed by atoms with E-state index in [1.54, 1.807) is 6.92 Å². The van der Waals surface area contributed by atoms with Crippen molar-refractivity contribution in [2.24, 2.45) is 0 Å². The zero-order chi connectivity index (χ0) is 16.8. The van der Waals surface area contributed by atoms with Crippen molar-refractivity contribution >= 4 is 13.3 Å². The zero-order valence-corrected chi connectivity index (χ0v) is 15.2. The molecule has 4 nitrogen and oxygen atoms in total. The van der Waals surface area contributed by atoms with Gasteiger partial charge in [0.2, 0.25) is 7.37 Å². The van der Waals surface area contributed by atoms with E-state index >= 15 is 0 Å². The summed E-state index contributed by atoms with van der Waals surface area (Å²) in [7, 11) is -3.06. The second-order valence-electron chi connectivity index (χ2n) is 6.04. The van der Waals surface area contributed by atoms with Gasteiger partial charge >= 0.3 is 5.97 Å². The highest BCUT2D eigenvalue weighted by molar-refractivity contribution is 7.57. The normalized spacial score (nSPS) is 13.6. The van der Waals surface area contributed by atoms with E-state index in [1.807, 2.05) is 0 Å². The molecule has 0 aliphatic heterocycles. The van der Waals surface area contributed by atoms with Crippen LogP contribution in [-0.2, 0) is 14.1 Å². The van der Waals surface area contributed by atoms with Crippen molar-refractivity contribution in [3.8, 4) is 0 Å². The Hall–Kier alpha value is -0.600. The largest absolute Gasteiger partial charge is 0.462 e. The van der Waals surface area contributed by atoms with Crippen molar-refractivity contribution in [2.45, 2.75) is 71.6 Å². The van der Waals surface area contributed by atoms with E-state index in [0.717, 1.165) is 19.3 Å². The van der Waals surface area contributed by atoms with Gasteiger partial charge in [-0.15, -0.1) is 0 Å². The predicted octanol–water partition coefficient (Wildman–Crippen LogP) is 4.91. The summed E-state index contributed by atoms with van der Waals surface area (Å²) in [5, 5.41) is 0. The van der Waals surface area contributed by atoms with Crippen LogP contribution in [0.4, 0.5) is 0 Å². The van der Waals surface area contributed by atoms with Crippen molar-refractivity contribution in [3.63, 3.8) is 0 Å². The van der Waals surface area contributed by atoms with Gasteiger partial charge in [-0.2, -0.15) is 0 Å². The number of esters is 1. The summed E-state index contributed by atoms with van der Waals surface area (Å²) in [5.41, 5.74) is 0.353. The van der Waals surface area contributed by atoms with Crippen LogP contribution in [0.15, 0.2) is 12.2 Å². The molecule has 0 aromatic carbocycles. The summed E-state index contributed by atoms with van der Waals surface area (Å²) in [6.07, 6.45) is 10.4. The minimum absolute atomic E-state index is 0.188. The first-order chi connectivity index (χ1) is 10.4. The van der Waals surface area contributed by atoms with Crippen LogP contribution in [0, 0.1) is 0 Å². The van der Waals surface area contributed by atoms with Crippen molar-refractivity contribution < 1.29 is 19.0 Å². The summed E-state index contributed by atoms with van der Waals surface area (Å²) in [6.45, 7) is 7.46. The lowest BCUT2D eigenvalue weighted by Gasteiger charge is -2.11. The standard InChI is InChI=1S/C17H33O4P/c1-4-5-6-7-8-9-10-11-14-22(19,20)15-12-13-21-17(18)16(2)3/h2,4-15H2,1,3H3,(H,19,20). The molecule has 0 saturated heterocycles. The van der Waals surface area contributed by atoms with E-state index in [4.69, 9.17) is 4.74 Å². The van der Waals surface area contributed by atoms with Crippen LogP contribution in [0.25, 0.3) is 0 Å². The quantitative estimate of drug-likeness (QED) is 0.212. The number of carbonyl (C=O) groups is 1. The van der Waals surface area contributed by atoms with Gasteiger partial charge in [-0.05, 0) is 19.8 Å². The molecule has 0 radical (unpaired) electrons. The molecule has 5 heteroatoms. The third-order valence-corrected chi connectivity index (χ3v) is 5.62. The zero-order valence-electron chi connectivity index (χ0n) is 14.3. The number of hydrogen-bond donors (Lipinski definition) is 1. The average molecular weight is 332 g/mol. The van der Waals surface area contributed by atoms with Gasteiger partial charge < -0.3 is 9.63 Å². The smallest absolute Gasteiger partial charge is 0.333 e. The molecule has 0 aliphatic rings. The van der Waals surface area contributed by atoms with Crippen LogP contribution in [0.1, 0.15) is 71.6 Å². The first kappa shape index (κ1) is 21.4. The van der Waals surface area contributed by atoms with Gasteiger partial charge in [-0.3, -0.25) is 4.57 Å². The summed E-state index contributed by atoms with van der Waals surface area (Å²) in [6, 6.07) is 0. The van der Waals surface area contributed by atoms with Gasteiger partial charge in [-0.25, -0.2) is 4.79 Å². The fourth-order valence-electron chi connectivity index (χ4n) is 2.20. The van der Waals surface area contributed by atoms with Gasteiger partial charge in [0.15, 0.2) is 0 Å². The minimum atomic E-state index is -3.06. The molecule has 0 saturated carbocycles. The van der Waals surface area contributed by atoms with Crippen LogP contribution >= 0.6 is 7.37 Å². The van der Waals surface area contributed by atoms with E-state index in [2.05, 4.69) is 13.5 Å². The molecule has 130 valence electrons. The molecular formula is C17H33O4P. The van der Waals surface area contributed by atoms with Crippen molar-refractivity contribution in [3.05, 3.63) is 12.2 Å². The van der Waals surface area contributed by atoms with E-state index in [0.29, 0.717) is 18.2 Å². The highest BCUT2D eigenvalue weighted by Gasteiger charge is 2.17. The third kappa shape index (κ3) is 13.1. The van der Waals surface area contributed by atoms with E-state index < -0.39 is 13.3 Å². The van der Waals surface area contributed by atoms with Crippen molar-refractivity contribution in [1.29, 1.82) is 0 Å². The molecule has 0 aromatic rings. The van der Waals surface area contributed by atoms with Gasteiger partial charge in [0.1, 0.15) is 0 Å². The Morgan fingerprint density at radius 3 is 2.05 bits per heavy atom. The molecular weight excluding hydrogens is 299 g/mol. The topological polar surface area (TPSA) is 63.6 Å². The first-order valence-corrected chi connectivity index (χ1v) is 10.6. The van der Waals surface area contributed by atoms with Crippen LogP contribution in [-0.4, -0.2) is 29.8 Å². The first-order valence-electron chi connectivity index (χ1n) is 8.52. The fourth-order valence-corrected chi connectivity index (χ4v) is 3.77. The lowest BCUT2D eigenvalue weighted by atomic mass is 10.1. The van der Waals surface area contributed by atoms with E-state index in [1.165, 1.54) is 32.1 Å². The number of hydrogen-bond acceptors (Lipinski definition) is 3. The summed E-state index contributed by atoms with van der Waals surface area (Å²) in [4.78, 5) is 21.0. The maximum absolute atomic E-state index is 12.0. The Balaban J connectivity index is 3.55. The second-order valence-corrected chi connectivity index (χ2v) is 8.63. The second kappa shape index (κ2) is 12.9. The summed E-state index contributed by atoms with van der Waals surface area (Å²) >= 11 is 0. The number of ether oxygens (including phenoxy) is 1. The van der Waals surface area contributed by atoms with Gasteiger partial charge in [0.05, 0.1) is 6.61 Å². The lowest BCUT2D eigenvalue weighted by Crippen LogP contribution is -2.08. The Labute approximate surface area is 135 Å². The molecule has 0 aromatic heterocycles. The third-order valence-electron chi connectivity index (χ3n) is 3.59. The Bertz CT molecular complexity index is 366. The monoisotopic (exact) mass is 332 g/mol. The summed E-state index contributed by atoms with van der Waals surface area (Å²) in [5.74, 6) is -0.434. The van der Waals surface area contributed by atoms with Gasteiger partial charge in [-0.1, -0.05) is 58.4 Å². The lowest BCUT2D eigenvalue weighted by molar-refractivity contribution is -0.138. The molecule has 1 atom stereocenters. The minimum Gasteiger partial charge on any atom is -0.462 e. The number of unbranched alkanes of at least 4 members (excludes halogenated alkanes) is 7. The maximum Gasteiger partial charge on any atom is 0.333 e. The summed E-state index contributed by atoms with van der Waals surface area (Å²) < 4.78 is 16.9. The maximum atomic E-state index is 12.0. The molecule has 1 unspecified atom stereocenters. The van der Waals surface area contributed by atoms with Crippen molar-refractivity contribution in [2.75, 3.05) is 18.9 Å². The Morgan fingerprint density at radius 2 is 1.50 bits per heavy atom. The molecule has 0 heterocycles. The number of carbonyl (C=O) groups excluding carboxylic acids is 1. The number of rotatable bonds is 14. The van der Waals surface area contributed by atoms with E-state index in [-0.39, 0.29) is 12.8 Å². The highest BCUT2D eigenvalue weighted by atomic mass is 31.2. The van der Waals surface area contributed by atoms with E-state index in [9.17, 15) is 14.3 Å². The van der Waals surface area contributed by atoms with Crippen LogP contribution in [0.3, 0.4) is 0 Å². The fraction of sp³-hybridized carbons (Fsp3) is 0.824.